The summed E-state index contributed by atoms with van der Waals surface area (Å²) in [6, 6.07) is 13.1. The largest absolute Gasteiger partial charge is 0.491 e. The summed E-state index contributed by atoms with van der Waals surface area (Å²) in [4.78, 5) is 12.4. The van der Waals surface area contributed by atoms with Crippen LogP contribution in [0.15, 0.2) is 42.5 Å². The summed E-state index contributed by atoms with van der Waals surface area (Å²) in [7, 11) is -0.909. The van der Waals surface area contributed by atoms with Crippen LogP contribution in [0, 0.1) is 0 Å². The highest BCUT2D eigenvalue weighted by atomic mass is 16.5. The van der Waals surface area contributed by atoms with Crippen molar-refractivity contribution in [1.82, 2.24) is 0 Å². The Hall–Kier alpha value is -2.11. The van der Waals surface area contributed by atoms with E-state index >= 15 is 0 Å². The van der Waals surface area contributed by atoms with Gasteiger partial charge in [-0.05, 0) is 46.3 Å². The van der Waals surface area contributed by atoms with E-state index in [4.69, 9.17) is 4.65 Å². The molecule has 0 radical (unpaired) electrons. The summed E-state index contributed by atoms with van der Waals surface area (Å²) in [6.07, 6.45) is 0. The van der Waals surface area contributed by atoms with Gasteiger partial charge in [0, 0.05) is 11.3 Å². The molecule has 0 aliphatic carbocycles. The quantitative estimate of drug-likeness (QED) is 0.838. The number of nitrogens with one attached hydrogen (secondary N) is 1. The summed E-state index contributed by atoms with van der Waals surface area (Å²) in [5.74, 6) is -0.168. The van der Waals surface area contributed by atoms with E-state index in [-0.39, 0.29) is 11.3 Å². The molecule has 0 spiro atoms. The Morgan fingerprint density at radius 3 is 2.52 bits per heavy atom. The van der Waals surface area contributed by atoms with E-state index in [1.807, 2.05) is 36.4 Å². The third-order valence-corrected chi connectivity index (χ3v) is 4.08. The van der Waals surface area contributed by atoms with E-state index < -0.39 is 7.12 Å². The molecule has 1 aliphatic heterocycles. The standard InChI is InChI=1S/C18H20BNO3/c1-18(2,3)14-7-4-12(5-8-14)17(21)20-15-9-6-13-11-23-19(22)16(13)10-15/h4-10,22H,11H2,1-3H3,(H,20,21). The molecular formula is C18H20BNO3. The van der Waals surface area contributed by atoms with E-state index in [1.165, 1.54) is 5.56 Å². The van der Waals surface area contributed by atoms with E-state index in [0.717, 1.165) is 5.56 Å². The Balaban J connectivity index is 1.76. The SMILES string of the molecule is CC(C)(C)c1ccc(C(=O)Nc2ccc3c(c2)B(O)OC3)cc1. The van der Waals surface area contributed by atoms with Crippen LogP contribution in [0.2, 0.25) is 0 Å². The molecule has 0 saturated carbocycles. The van der Waals surface area contributed by atoms with Crippen molar-refractivity contribution < 1.29 is 14.5 Å². The minimum Gasteiger partial charge on any atom is -0.423 e. The zero-order valence-corrected chi connectivity index (χ0v) is 13.6. The van der Waals surface area contributed by atoms with Crippen LogP contribution >= 0.6 is 0 Å². The highest BCUT2D eigenvalue weighted by molar-refractivity contribution is 6.61. The zero-order chi connectivity index (χ0) is 16.6. The van der Waals surface area contributed by atoms with Crippen LogP contribution in [-0.2, 0) is 16.7 Å². The molecule has 0 aromatic heterocycles. The van der Waals surface area contributed by atoms with Crippen LogP contribution in [-0.4, -0.2) is 18.0 Å². The predicted octanol–water partition coefficient (Wildman–Crippen LogP) is 2.45. The van der Waals surface area contributed by atoms with Crippen LogP contribution < -0.4 is 10.8 Å². The lowest BCUT2D eigenvalue weighted by Crippen LogP contribution is -2.28. The van der Waals surface area contributed by atoms with Crippen LogP contribution in [0.1, 0.15) is 42.3 Å². The molecule has 0 fully saturated rings. The minimum absolute atomic E-state index is 0.0606. The molecule has 1 heterocycles. The van der Waals surface area contributed by atoms with Gasteiger partial charge in [0.2, 0.25) is 0 Å². The highest BCUT2D eigenvalue weighted by Gasteiger charge is 2.27. The molecule has 0 saturated heterocycles. The summed E-state index contributed by atoms with van der Waals surface area (Å²) in [5.41, 5.74) is 4.17. The number of hydrogen-bond acceptors (Lipinski definition) is 3. The molecule has 2 aromatic rings. The van der Waals surface area contributed by atoms with Gasteiger partial charge < -0.3 is 15.0 Å². The van der Waals surface area contributed by atoms with Crippen LogP contribution in [0.5, 0.6) is 0 Å². The van der Waals surface area contributed by atoms with Crippen LogP contribution in [0.3, 0.4) is 0 Å². The number of fused-ring (bicyclic) bond motifs is 1. The van der Waals surface area contributed by atoms with E-state index in [0.29, 0.717) is 23.3 Å². The first-order valence-corrected chi connectivity index (χ1v) is 7.69. The second-order valence-corrected chi connectivity index (χ2v) is 6.86. The normalized spacial score (nSPS) is 13.8. The second-order valence-electron chi connectivity index (χ2n) is 6.86. The van der Waals surface area contributed by atoms with Gasteiger partial charge in [-0.15, -0.1) is 0 Å². The van der Waals surface area contributed by atoms with Crippen molar-refractivity contribution >= 4 is 24.2 Å². The molecule has 0 atom stereocenters. The first kappa shape index (κ1) is 15.8. The third-order valence-electron chi connectivity index (χ3n) is 4.08. The fraction of sp³-hybridized carbons (Fsp3) is 0.278. The molecule has 2 aromatic carbocycles. The number of carbonyl (C=O) groups is 1. The molecular weight excluding hydrogens is 289 g/mol. The average Bonchev–Trinajstić information content (AvgIpc) is 2.88. The number of carbonyl (C=O) groups excluding carboxylic acids is 1. The summed E-state index contributed by atoms with van der Waals surface area (Å²) in [6.45, 7) is 6.82. The maximum Gasteiger partial charge on any atom is 0.491 e. The maximum absolute atomic E-state index is 12.4. The van der Waals surface area contributed by atoms with Crippen molar-refractivity contribution in [1.29, 1.82) is 0 Å². The first-order valence-electron chi connectivity index (χ1n) is 7.69. The van der Waals surface area contributed by atoms with Gasteiger partial charge in [0.15, 0.2) is 0 Å². The van der Waals surface area contributed by atoms with E-state index in [9.17, 15) is 9.82 Å². The molecule has 23 heavy (non-hydrogen) atoms. The molecule has 118 valence electrons. The Bertz CT molecular complexity index is 735. The van der Waals surface area contributed by atoms with Gasteiger partial charge in [-0.25, -0.2) is 0 Å². The van der Waals surface area contributed by atoms with Gasteiger partial charge in [0.25, 0.3) is 5.91 Å². The first-order chi connectivity index (χ1) is 10.8. The Morgan fingerprint density at radius 1 is 1.17 bits per heavy atom. The van der Waals surface area contributed by atoms with Gasteiger partial charge in [-0.3, -0.25) is 4.79 Å². The van der Waals surface area contributed by atoms with Crippen LogP contribution in [0.25, 0.3) is 0 Å². The minimum atomic E-state index is -0.909. The van der Waals surface area contributed by atoms with Crippen molar-refractivity contribution in [2.45, 2.75) is 32.8 Å². The molecule has 2 N–H and O–H groups in total. The average molecular weight is 309 g/mol. The Labute approximate surface area is 136 Å². The van der Waals surface area contributed by atoms with Gasteiger partial charge in [0.05, 0.1) is 6.61 Å². The van der Waals surface area contributed by atoms with E-state index in [2.05, 4.69) is 26.1 Å². The smallest absolute Gasteiger partial charge is 0.423 e. The van der Waals surface area contributed by atoms with E-state index in [1.54, 1.807) is 6.07 Å². The molecule has 5 heteroatoms. The highest BCUT2D eigenvalue weighted by Crippen LogP contribution is 2.22. The fourth-order valence-electron chi connectivity index (χ4n) is 2.62. The number of amides is 1. The van der Waals surface area contributed by atoms with Crippen molar-refractivity contribution in [3.8, 4) is 0 Å². The molecule has 0 bridgehead atoms. The fourth-order valence-corrected chi connectivity index (χ4v) is 2.62. The molecule has 1 aliphatic rings. The van der Waals surface area contributed by atoms with Crippen LogP contribution in [0.4, 0.5) is 5.69 Å². The predicted molar refractivity (Wildman–Crippen MR) is 91.9 cm³/mol. The summed E-state index contributed by atoms with van der Waals surface area (Å²) < 4.78 is 5.16. The summed E-state index contributed by atoms with van der Waals surface area (Å²) in [5, 5.41) is 12.6. The maximum atomic E-state index is 12.4. The summed E-state index contributed by atoms with van der Waals surface area (Å²) >= 11 is 0. The number of benzene rings is 2. The van der Waals surface area contributed by atoms with Gasteiger partial charge in [-0.2, -0.15) is 0 Å². The van der Waals surface area contributed by atoms with Crippen molar-refractivity contribution in [2.24, 2.45) is 0 Å². The van der Waals surface area contributed by atoms with Gasteiger partial charge in [-0.1, -0.05) is 39.0 Å². The second kappa shape index (κ2) is 5.83. The topological polar surface area (TPSA) is 58.6 Å². The number of anilines is 1. The Morgan fingerprint density at radius 2 is 1.87 bits per heavy atom. The van der Waals surface area contributed by atoms with Gasteiger partial charge >= 0.3 is 7.12 Å². The van der Waals surface area contributed by atoms with Crippen molar-refractivity contribution in [3.63, 3.8) is 0 Å². The lowest BCUT2D eigenvalue weighted by Gasteiger charge is -2.19. The number of rotatable bonds is 2. The van der Waals surface area contributed by atoms with Crippen molar-refractivity contribution in [3.05, 3.63) is 59.2 Å². The number of hydrogen-bond donors (Lipinski definition) is 2. The molecule has 3 rings (SSSR count). The lowest BCUT2D eigenvalue weighted by atomic mass is 9.79. The lowest BCUT2D eigenvalue weighted by molar-refractivity contribution is 0.102. The zero-order valence-electron chi connectivity index (χ0n) is 13.6. The third kappa shape index (κ3) is 3.31. The molecule has 0 unspecified atom stereocenters. The monoisotopic (exact) mass is 309 g/mol. The van der Waals surface area contributed by atoms with Crippen molar-refractivity contribution in [2.75, 3.05) is 5.32 Å². The molecule has 4 nitrogen and oxygen atoms in total. The molecule has 1 amide bonds. The van der Waals surface area contributed by atoms with Gasteiger partial charge in [0.1, 0.15) is 0 Å². The Kier molecular flexibility index (Phi) is 4.00.